The highest BCUT2D eigenvalue weighted by molar-refractivity contribution is 5.94. The molecule has 0 bridgehead atoms. The number of hydrogen-bond donors (Lipinski definition) is 1. The number of aliphatic hydroxyl groups is 1. The Morgan fingerprint density at radius 3 is 2.63 bits per heavy atom. The number of likely N-dealkylation sites (tertiary alicyclic amines) is 1. The number of carbonyl (C=O) groups is 1. The zero-order chi connectivity index (χ0) is 13.8. The first kappa shape index (κ1) is 13.9. The number of β-amino-alcohol motifs (C(OH)–C–C–N with tert-alkyl or cyclic N) is 1. The summed E-state index contributed by atoms with van der Waals surface area (Å²) in [6.07, 6.45) is 0.291. The molecule has 1 aliphatic rings. The molecule has 0 aromatic heterocycles. The molecule has 19 heavy (non-hydrogen) atoms. The third-order valence-electron chi connectivity index (χ3n) is 3.14. The first-order chi connectivity index (χ1) is 9.06. The average Bonchev–Trinajstić information content (AvgIpc) is 2.83. The van der Waals surface area contributed by atoms with E-state index >= 15 is 0 Å². The summed E-state index contributed by atoms with van der Waals surface area (Å²) >= 11 is 0. The molecule has 104 valence electrons. The summed E-state index contributed by atoms with van der Waals surface area (Å²) in [5.74, 6) is 1.24. The van der Waals surface area contributed by atoms with Gasteiger partial charge >= 0.3 is 0 Å². The van der Waals surface area contributed by atoms with Gasteiger partial charge in [-0.2, -0.15) is 0 Å². The number of amides is 1. The van der Waals surface area contributed by atoms with Gasteiger partial charge in [-0.1, -0.05) is 13.8 Å². The summed E-state index contributed by atoms with van der Waals surface area (Å²) < 4.78 is 5.58. The first-order valence-electron chi connectivity index (χ1n) is 6.76. The third-order valence-corrected chi connectivity index (χ3v) is 3.14. The van der Waals surface area contributed by atoms with Crippen LogP contribution in [-0.4, -0.2) is 41.7 Å². The van der Waals surface area contributed by atoms with Crippen LogP contribution in [0.1, 0.15) is 30.6 Å². The molecule has 1 saturated heterocycles. The quantitative estimate of drug-likeness (QED) is 0.903. The van der Waals surface area contributed by atoms with E-state index in [-0.39, 0.29) is 12.0 Å². The van der Waals surface area contributed by atoms with Crippen molar-refractivity contribution in [1.29, 1.82) is 0 Å². The monoisotopic (exact) mass is 263 g/mol. The minimum absolute atomic E-state index is 0.0213. The molecule has 0 unspecified atom stereocenters. The fourth-order valence-electron chi connectivity index (χ4n) is 2.07. The summed E-state index contributed by atoms with van der Waals surface area (Å²) in [7, 11) is 0. The Balaban J connectivity index is 1.96. The van der Waals surface area contributed by atoms with Crippen LogP contribution in [0.15, 0.2) is 24.3 Å². The Kier molecular flexibility index (Phi) is 4.43. The highest BCUT2D eigenvalue weighted by Crippen LogP contribution is 2.17. The second kappa shape index (κ2) is 6.06. The molecule has 1 heterocycles. The van der Waals surface area contributed by atoms with Gasteiger partial charge in [0.1, 0.15) is 5.75 Å². The SMILES string of the molecule is CC(C)COc1ccc(C(=O)N2CC[C@@H](O)C2)cc1. The number of nitrogens with zero attached hydrogens (tertiary/aromatic N) is 1. The third kappa shape index (κ3) is 3.70. The zero-order valence-electron chi connectivity index (χ0n) is 11.5. The van der Waals surface area contributed by atoms with Crippen molar-refractivity contribution in [2.75, 3.05) is 19.7 Å². The molecule has 4 nitrogen and oxygen atoms in total. The number of carbonyl (C=O) groups excluding carboxylic acids is 1. The lowest BCUT2D eigenvalue weighted by Gasteiger charge is -2.16. The minimum Gasteiger partial charge on any atom is -0.493 e. The maximum Gasteiger partial charge on any atom is 0.253 e. The predicted octanol–water partition coefficient (Wildman–Crippen LogP) is 1.93. The summed E-state index contributed by atoms with van der Waals surface area (Å²) in [5, 5.41) is 9.45. The van der Waals surface area contributed by atoms with E-state index in [1.165, 1.54) is 0 Å². The number of aliphatic hydroxyl groups excluding tert-OH is 1. The average molecular weight is 263 g/mol. The van der Waals surface area contributed by atoms with Gasteiger partial charge in [-0.25, -0.2) is 0 Å². The number of hydrogen-bond acceptors (Lipinski definition) is 3. The van der Waals surface area contributed by atoms with Crippen molar-refractivity contribution < 1.29 is 14.6 Å². The van der Waals surface area contributed by atoms with Crippen LogP contribution in [-0.2, 0) is 0 Å². The van der Waals surface area contributed by atoms with E-state index in [9.17, 15) is 9.90 Å². The van der Waals surface area contributed by atoms with Crippen molar-refractivity contribution in [3.63, 3.8) is 0 Å². The number of benzene rings is 1. The van der Waals surface area contributed by atoms with Gasteiger partial charge in [0.2, 0.25) is 0 Å². The maximum atomic E-state index is 12.1. The molecule has 4 heteroatoms. The van der Waals surface area contributed by atoms with E-state index in [0.717, 1.165) is 5.75 Å². The second-order valence-electron chi connectivity index (χ2n) is 5.42. The Bertz CT molecular complexity index is 428. The maximum absolute atomic E-state index is 12.1. The van der Waals surface area contributed by atoms with E-state index in [2.05, 4.69) is 13.8 Å². The highest BCUT2D eigenvalue weighted by Gasteiger charge is 2.25. The van der Waals surface area contributed by atoms with Gasteiger partial charge in [-0.05, 0) is 36.6 Å². The summed E-state index contributed by atoms with van der Waals surface area (Å²) in [5.41, 5.74) is 0.644. The molecule has 1 aliphatic heterocycles. The summed E-state index contributed by atoms with van der Waals surface area (Å²) in [4.78, 5) is 13.8. The standard InChI is InChI=1S/C15H21NO3/c1-11(2)10-19-14-5-3-12(4-6-14)15(18)16-8-7-13(17)9-16/h3-6,11,13,17H,7-10H2,1-2H3/t13-/m1/s1. The molecule has 0 aliphatic carbocycles. The van der Waals surface area contributed by atoms with Crippen LogP contribution in [0.5, 0.6) is 5.75 Å². The lowest BCUT2D eigenvalue weighted by Crippen LogP contribution is -2.29. The molecular weight excluding hydrogens is 242 g/mol. The van der Waals surface area contributed by atoms with Crippen LogP contribution in [0.3, 0.4) is 0 Å². The van der Waals surface area contributed by atoms with Crippen LogP contribution in [0.2, 0.25) is 0 Å². The fraction of sp³-hybridized carbons (Fsp3) is 0.533. The molecule has 0 spiro atoms. The molecule has 1 N–H and O–H groups in total. The van der Waals surface area contributed by atoms with Crippen LogP contribution in [0.4, 0.5) is 0 Å². The summed E-state index contributed by atoms with van der Waals surface area (Å²) in [6.45, 7) is 5.93. The molecule has 0 radical (unpaired) electrons. The van der Waals surface area contributed by atoms with Gasteiger partial charge in [0, 0.05) is 18.7 Å². The largest absolute Gasteiger partial charge is 0.493 e. The van der Waals surface area contributed by atoms with Gasteiger partial charge in [-0.15, -0.1) is 0 Å². The van der Waals surface area contributed by atoms with Crippen LogP contribution in [0.25, 0.3) is 0 Å². The fourth-order valence-corrected chi connectivity index (χ4v) is 2.07. The minimum atomic E-state index is -0.377. The highest BCUT2D eigenvalue weighted by atomic mass is 16.5. The van der Waals surface area contributed by atoms with Gasteiger partial charge in [0.05, 0.1) is 12.7 Å². The Morgan fingerprint density at radius 2 is 2.11 bits per heavy atom. The van der Waals surface area contributed by atoms with Crippen LogP contribution < -0.4 is 4.74 Å². The lowest BCUT2D eigenvalue weighted by atomic mass is 10.2. The van der Waals surface area contributed by atoms with Crippen molar-refractivity contribution in [3.8, 4) is 5.75 Å². The normalized spacial score (nSPS) is 18.9. The lowest BCUT2D eigenvalue weighted by molar-refractivity contribution is 0.0765. The molecule has 0 saturated carbocycles. The van der Waals surface area contributed by atoms with Crippen molar-refractivity contribution in [2.45, 2.75) is 26.4 Å². The van der Waals surface area contributed by atoms with E-state index < -0.39 is 0 Å². The number of ether oxygens (including phenoxy) is 1. The topological polar surface area (TPSA) is 49.8 Å². The smallest absolute Gasteiger partial charge is 0.253 e. The van der Waals surface area contributed by atoms with Crippen molar-refractivity contribution in [3.05, 3.63) is 29.8 Å². The second-order valence-corrected chi connectivity index (χ2v) is 5.42. The van der Waals surface area contributed by atoms with Gasteiger partial charge < -0.3 is 14.7 Å². The van der Waals surface area contributed by atoms with Crippen molar-refractivity contribution in [2.24, 2.45) is 5.92 Å². The van der Waals surface area contributed by atoms with E-state index in [1.807, 2.05) is 12.1 Å². The zero-order valence-corrected chi connectivity index (χ0v) is 11.5. The van der Waals surface area contributed by atoms with Crippen LogP contribution in [0, 0.1) is 5.92 Å². The van der Waals surface area contributed by atoms with Crippen LogP contribution >= 0.6 is 0 Å². The van der Waals surface area contributed by atoms with Gasteiger partial charge in [-0.3, -0.25) is 4.79 Å². The van der Waals surface area contributed by atoms with Crippen molar-refractivity contribution in [1.82, 2.24) is 4.90 Å². The summed E-state index contributed by atoms with van der Waals surface area (Å²) in [6, 6.07) is 7.20. The van der Waals surface area contributed by atoms with Gasteiger partial charge in [0.25, 0.3) is 5.91 Å². The van der Waals surface area contributed by atoms with E-state index in [1.54, 1.807) is 17.0 Å². The van der Waals surface area contributed by atoms with Gasteiger partial charge in [0.15, 0.2) is 0 Å². The molecule has 1 aromatic carbocycles. The molecule has 1 atom stereocenters. The Labute approximate surface area is 114 Å². The molecule has 2 rings (SSSR count). The van der Waals surface area contributed by atoms with E-state index in [0.29, 0.717) is 37.6 Å². The molecule has 1 fully saturated rings. The molecule has 1 aromatic rings. The Hall–Kier alpha value is -1.55. The molecule has 1 amide bonds. The molecular formula is C15H21NO3. The number of rotatable bonds is 4. The predicted molar refractivity (Wildman–Crippen MR) is 73.3 cm³/mol. The van der Waals surface area contributed by atoms with E-state index in [4.69, 9.17) is 4.74 Å². The Morgan fingerprint density at radius 1 is 1.42 bits per heavy atom. The van der Waals surface area contributed by atoms with Crippen molar-refractivity contribution >= 4 is 5.91 Å². The first-order valence-corrected chi connectivity index (χ1v) is 6.76.